The summed E-state index contributed by atoms with van der Waals surface area (Å²) in [6, 6.07) is 0. The number of dihydropyridines is 1. The van der Waals surface area contributed by atoms with Gasteiger partial charge in [0.15, 0.2) is 0 Å². The highest BCUT2D eigenvalue weighted by atomic mass is 15.1. The average molecular weight is 268 g/mol. The summed E-state index contributed by atoms with van der Waals surface area (Å²) in [5, 5.41) is 3.40. The third-order valence-corrected chi connectivity index (χ3v) is 2.64. The van der Waals surface area contributed by atoms with Crippen LogP contribution in [0.25, 0.3) is 0 Å². The van der Waals surface area contributed by atoms with Crippen LogP contribution in [0, 0.1) is 11.8 Å². The lowest BCUT2D eigenvalue weighted by molar-refractivity contribution is 0.251. The lowest BCUT2D eigenvalue weighted by Gasteiger charge is -2.34. The molecule has 0 aromatic rings. The van der Waals surface area contributed by atoms with Gasteiger partial charge >= 0.3 is 0 Å². The van der Waals surface area contributed by atoms with E-state index in [0.29, 0.717) is 12.1 Å². The largest absolute Gasteiger partial charge is 0.295 e. The van der Waals surface area contributed by atoms with E-state index in [0.717, 1.165) is 12.5 Å². The van der Waals surface area contributed by atoms with Gasteiger partial charge in [0.05, 0.1) is 0 Å². The second-order valence-corrected chi connectivity index (χ2v) is 4.84. The number of piperidine rings is 1. The minimum atomic E-state index is 0.365. The van der Waals surface area contributed by atoms with E-state index in [1.165, 1.54) is 19.3 Å². The van der Waals surface area contributed by atoms with Crippen LogP contribution in [-0.4, -0.2) is 18.9 Å². The van der Waals surface area contributed by atoms with E-state index in [9.17, 15) is 0 Å². The van der Waals surface area contributed by atoms with Crippen LogP contribution in [0.15, 0.2) is 17.1 Å². The van der Waals surface area contributed by atoms with Gasteiger partial charge in [-0.15, -0.1) is 0 Å². The van der Waals surface area contributed by atoms with Gasteiger partial charge in [-0.2, -0.15) is 0 Å². The van der Waals surface area contributed by atoms with Gasteiger partial charge in [0.2, 0.25) is 0 Å². The summed E-state index contributed by atoms with van der Waals surface area (Å²) in [6.07, 6.45) is 10.4. The number of hydrogen-bond donors (Lipinski definition) is 1. The number of rotatable bonds is 0. The van der Waals surface area contributed by atoms with Gasteiger partial charge < -0.3 is 0 Å². The number of hydrogen-bond acceptors (Lipinski definition) is 2. The van der Waals surface area contributed by atoms with E-state index in [-0.39, 0.29) is 0 Å². The van der Waals surface area contributed by atoms with Crippen LogP contribution in [-0.2, 0) is 0 Å². The Balaban J connectivity index is 0. The van der Waals surface area contributed by atoms with Crippen molar-refractivity contribution in [3.8, 4) is 0 Å². The van der Waals surface area contributed by atoms with Crippen LogP contribution >= 0.6 is 0 Å². The molecule has 2 rings (SSSR count). The maximum absolute atomic E-state index is 4.38. The Labute approximate surface area is 121 Å². The smallest absolute Gasteiger partial charge is 0.106 e. The van der Waals surface area contributed by atoms with E-state index in [2.05, 4.69) is 57.1 Å². The van der Waals surface area contributed by atoms with Gasteiger partial charge in [-0.25, -0.2) is 0 Å². The summed E-state index contributed by atoms with van der Waals surface area (Å²) in [5.41, 5.74) is 0. The molecule has 0 aliphatic carbocycles. The van der Waals surface area contributed by atoms with Gasteiger partial charge in [-0.1, -0.05) is 67.4 Å². The van der Waals surface area contributed by atoms with Crippen LogP contribution < -0.4 is 5.32 Å². The molecule has 2 heteroatoms. The quantitative estimate of drug-likeness (QED) is 0.652. The molecule has 2 aliphatic rings. The van der Waals surface area contributed by atoms with Crippen molar-refractivity contribution in [2.45, 2.75) is 73.9 Å². The van der Waals surface area contributed by atoms with E-state index < -0.39 is 0 Å². The first-order valence-corrected chi connectivity index (χ1v) is 8.14. The molecule has 19 heavy (non-hydrogen) atoms. The van der Waals surface area contributed by atoms with E-state index in [1.807, 2.05) is 20.1 Å². The minimum Gasteiger partial charge on any atom is -0.295 e. The second kappa shape index (κ2) is 15.4. The van der Waals surface area contributed by atoms with Crippen molar-refractivity contribution in [3.05, 3.63) is 12.2 Å². The number of fused-ring (bicyclic) bond motifs is 1. The second-order valence-electron chi connectivity index (χ2n) is 4.84. The molecule has 2 nitrogen and oxygen atoms in total. The summed E-state index contributed by atoms with van der Waals surface area (Å²) in [5.74, 6) is 1.42. The summed E-state index contributed by atoms with van der Waals surface area (Å²) in [4.78, 5) is 4.38. The summed E-state index contributed by atoms with van der Waals surface area (Å²) in [7, 11) is 0. The predicted molar refractivity (Wildman–Crippen MR) is 90.0 cm³/mol. The third-order valence-electron chi connectivity index (χ3n) is 2.64. The van der Waals surface area contributed by atoms with Gasteiger partial charge in [-0.05, 0) is 25.0 Å². The molecule has 114 valence electrons. The van der Waals surface area contributed by atoms with Crippen LogP contribution in [0.5, 0.6) is 0 Å². The molecule has 0 aromatic heterocycles. The topological polar surface area (TPSA) is 24.4 Å². The Hall–Kier alpha value is -0.630. The molecular weight excluding hydrogens is 232 g/mol. The van der Waals surface area contributed by atoms with E-state index in [4.69, 9.17) is 0 Å². The molecule has 1 saturated heterocycles. The molecule has 2 heterocycles. The molecule has 3 unspecified atom stereocenters. The summed E-state index contributed by atoms with van der Waals surface area (Å²) < 4.78 is 0. The van der Waals surface area contributed by atoms with E-state index >= 15 is 0 Å². The lowest BCUT2D eigenvalue weighted by Crippen LogP contribution is -2.44. The van der Waals surface area contributed by atoms with Crippen molar-refractivity contribution in [2.75, 3.05) is 6.54 Å². The van der Waals surface area contributed by atoms with Crippen LogP contribution in [0.1, 0.15) is 67.7 Å². The fraction of sp³-hybridized carbons (Fsp3) is 0.824. The Kier molecular flexibility index (Phi) is 16.8. The van der Waals surface area contributed by atoms with Crippen molar-refractivity contribution in [2.24, 2.45) is 16.8 Å². The number of allylic oxidation sites excluding steroid dienone is 1. The van der Waals surface area contributed by atoms with Crippen LogP contribution in [0.4, 0.5) is 0 Å². The monoisotopic (exact) mass is 268 g/mol. The van der Waals surface area contributed by atoms with Crippen molar-refractivity contribution in [1.29, 1.82) is 0 Å². The lowest BCUT2D eigenvalue weighted by atomic mass is 9.84. The number of nitrogens with zero attached hydrogens (tertiary/aromatic N) is 1. The maximum atomic E-state index is 4.38. The van der Waals surface area contributed by atoms with Crippen molar-refractivity contribution in [1.82, 2.24) is 5.32 Å². The molecule has 1 N–H and O–H groups in total. The number of aliphatic imine (C=N–C) groups is 1. The first-order chi connectivity index (χ1) is 9.21. The zero-order valence-corrected chi connectivity index (χ0v) is 14.2. The van der Waals surface area contributed by atoms with Crippen molar-refractivity contribution < 1.29 is 0 Å². The molecule has 2 aliphatic heterocycles. The van der Waals surface area contributed by atoms with Crippen LogP contribution in [0.3, 0.4) is 0 Å². The predicted octanol–water partition coefficient (Wildman–Crippen LogP) is 5.06. The molecule has 0 radical (unpaired) electrons. The van der Waals surface area contributed by atoms with Gasteiger partial charge in [0.1, 0.15) is 6.17 Å². The van der Waals surface area contributed by atoms with Gasteiger partial charge in [-0.3, -0.25) is 10.3 Å². The molecule has 1 fully saturated rings. The summed E-state index contributed by atoms with van der Waals surface area (Å²) in [6.45, 7) is 15.9. The van der Waals surface area contributed by atoms with E-state index in [1.54, 1.807) is 0 Å². The highest BCUT2D eigenvalue weighted by Crippen LogP contribution is 2.26. The normalized spacial score (nSPS) is 26.6. The standard InChI is InChI=1S/C9H14N2.2C3H8.C2H6/c1-7-4-6-11-9-8(7)3-2-5-10-9;2*1-3-2;1-2/h2-3,5,7-9,11H,4,6H2,1H3;2*3H2,1-2H3;1-2H3. The SMILES string of the molecule is CC.CC1CCNC2N=CC=CC12.CCC.CCC. The Morgan fingerprint density at radius 3 is 2.11 bits per heavy atom. The average Bonchev–Trinajstić information content (AvgIpc) is 2.43. The third kappa shape index (κ3) is 9.89. The molecule has 0 aromatic carbocycles. The fourth-order valence-corrected chi connectivity index (χ4v) is 1.87. The van der Waals surface area contributed by atoms with Crippen LogP contribution in [0.2, 0.25) is 0 Å². The number of nitrogens with one attached hydrogen (secondary N) is 1. The Bertz CT molecular complexity index is 219. The highest BCUT2D eigenvalue weighted by molar-refractivity contribution is 5.72. The fourth-order valence-electron chi connectivity index (χ4n) is 1.87. The van der Waals surface area contributed by atoms with Crippen molar-refractivity contribution >= 4 is 6.21 Å². The molecule has 0 amide bonds. The zero-order valence-electron chi connectivity index (χ0n) is 14.2. The maximum Gasteiger partial charge on any atom is 0.106 e. The highest BCUT2D eigenvalue weighted by Gasteiger charge is 2.28. The van der Waals surface area contributed by atoms with Crippen molar-refractivity contribution in [3.63, 3.8) is 0 Å². The molecule has 0 bridgehead atoms. The first-order valence-electron chi connectivity index (χ1n) is 8.14. The molecule has 0 saturated carbocycles. The Morgan fingerprint density at radius 1 is 1.11 bits per heavy atom. The molecule has 3 atom stereocenters. The van der Waals surface area contributed by atoms with Gasteiger partial charge in [0, 0.05) is 12.1 Å². The molecular formula is C17H36N2. The minimum absolute atomic E-state index is 0.365. The van der Waals surface area contributed by atoms with Gasteiger partial charge in [0.25, 0.3) is 0 Å². The first kappa shape index (κ1) is 20.7. The summed E-state index contributed by atoms with van der Waals surface area (Å²) >= 11 is 0. The zero-order chi connectivity index (χ0) is 15.1. The molecule has 0 spiro atoms. The Morgan fingerprint density at radius 2 is 1.63 bits per heavy atom.